The van der Waals surface area contributed by atoms with Gasteiger partial charge in [-0.25, -0.2) is 0 Å². The Morgan fingerprint density at radius 3 is 2.47 bits per heavy atom. The lowest BCUT2D eigenvalue weighted by atomic mass is 10.1. The molecule has 2 fully saturated rings. The SMILES string of the molecule is CC1SCCC1N1CCN(C(C)C(=O)O)CC1. The number of hydrogen-bond donors (Lipinski definition) is 1. The average molecular weight is 258 g/mol. The summed E-state index contributed by atoms with van der Waals surface area (Å²) in [4.78, 5) is 15.6. The van der Waals surface area contributed by atoms with Gasteiger partial charge in [0, 0.05) is 37.5 Å². The van der Waals surface area contributed by atoms with E-state index in [0.29, 0.717) is 6.04 Å². The summed E-state index contributed by atoms with van der Waals surface area (Å²) in [6.45, 7) is 7.92. The van der Waals surface area contributed by atoms with E-state index in [4.69, 9.17) is 5.11 Å². The van der Waals surface area contributed by atoms with Crippen LogP contribution in [0.3, 0.4) is 0 Å². The van der Waals surface area contributed by atoms with Crippen LogP contribution < -0.4 is 0 Å². The maximum absolute atomic E-state index is 10.9. The zero-order chi connectivity index (χ0) is 12.4. The molecule has 0 aliphatic carbocycles. The van der Waals surface area contributed by atoms with E-state index >= 15 is 0 Å². The number of piperazine rings is 1. The smallest absolute Gasteiger partial charge is 0.320 e. The highest BCUT2D eigenvalue weighted by Gasteiger charge is 2.33. The third-order valence-corrected chi connectivity index (χ3v) is 5.37. The van der Waals surface area contributed by atoms with Crippen molar-refractivity contribution in [1.29, 1.82) is 0 Å². The van der Waals surface area contributed by atoms with Gasteiger partial charge in [-0.1, -0.05) is 6.92 Å². The van der Waals surface area contributed by atoms with Gasteiger partial charge in [-0.05, 0) is 19.1 Å². The molecule has 5 heteroatoms. The Morgan fingerprint density at radius 1 is 1.35 bits per heavy atom. The lowest BCUT2D eigenvalue weighted by molar-refractivity contribution is -0.143. The van der Waals surface area contributed by atoms with Gasteiger partial charge in [0.05, 0.1) is 0 Å². The molecule has 2 aliphatic rings. The Kier molecular flexibility index (Phi) is 4.33. The van der Waals surface area contributed by atoms with Crippen LogP contribution in [-0.4, -0.2) is 70.1 Å². The summed E-state index contributed by atoms with van der Waals surface area (Å²) in [7, 11) is 0. The van der Waals surface area contributed by atoms with E-state index < -0.39 is 5.97 Å². The van der Waals surface area contributed by atoms with Crippen molar-refractivity contribution in [3.05, 3.63) is 0 Å². The molecule has 0 radical (unpaired) electrons. The van der Waals surface area contributed by atoms with Gasteiger partial charge in [-0.3, -0.25) is 14.6 Å². The highest BCUT2D eigenvalue weighted by atomic mass is 32.2. The summed E-state index contributed by atoms with van der Waals surface area (Å²) in [5.41, 5.74) is 0. The number of thioether (sulfide) groups is 1. The van der Waals surface area contributed by atoms with Gasteiger partial charge in [0.15, 0.2) is 0 Å². The van der Waals surface area contributed by atoms with Crippen LogP contribution in [0.4, 0.5) is 0 Å². The van der Waals surface area contributed by atoms with Crippen molar-refractivity contribution in [2.75, 3.05) is 31.9 Å². The highest BCUT2D eigenvalue weighted by Crippen LogP contribution is 2.30. The Bertz CT molecular complexity index is 280. The van der Waals surface area contributed by atoms with E-state index in [9.17, 15) is 4.79 Å². The lowest BCUT2D eigenvalue weighted by Crippen LogP contribution is -2.55. The Morgan fingerprint density at radius 2 is 2.00 bits per heavy atom. The number of aliphatic carboxylic acids is 1. The standard InChI is InChI=1S/C12H22N2O2S/c1-9(12(15)16)13-4-6-14(7-5-13)11-3-8-17-10(11)2/h9-11H,3-8H2,1-2H3,(H,15,16). The second-order valence-corrected chi connectivity index (χ2v) is 6.50. The Balaban J connectivity index is 1.83. The van der Waals surface area contributed by atoms with Crippen molar-refractivity contribution in [3.8, 4) is 0 Å². The number of carboxylic acids is 1. The summed E-state index contributed by atoms with van der Waals surface area (Å²) in [6.07, 6.45) is 1.29. The van der Waals surface area contributed by atoms with E-state index in [0.717, 1.165) is 31.4 Å². The van der Waals surface area contributed by atoms with Gasteiger partial charge in [-0.15, -0.1) is 0 Å². The molecule has 3 unspecified atom stereocenters. The first-order chi connectivity index (χ1) is 8.09. The maximum Gasteiger partial charge on any atom is 0.320 e. The van der Waals surface area contributed by atoms with Gasteiger partial charge in [0.25, 0.3) is 0 Å². The molecule has 1 N–H and O–H groups in total. The van der Waals surface area contributed by atoms with Gasteiger partial charge >= 0.3 is 5.97 Å². The summed E-state index contributed by atoms with van der Waals surface area (Å²) >= 11 is 2.06. The van der Waals surface area contributed by atoms with Crippen molar-refractivity contribution < 1.29 is 9.90 Å². The molecule has 0 saturated carbocycles. The lowest BCUT2D eigenvalue weighted by Gasteiger charge is -2.40. The van der Waals surface area contributed by atoms with Crippen LogP contribution in [0.5, 0.6) is 0 Å². The van der Waals surface area contributed by atoms with Crippen LogP contribution in [0.15, 0.2) is 0 Å². The van der Waals surface area contributed by atoms with Crippen LogP contribution in [-0.2, 0) is 4.79 Å². The highest BCUT2D eigenvalue weighted by molar-refractivity contribution is 8.00. The number of hydrogen-bond acceptors (Lipinski definition) is 4. The zero-order valence-corrected chi connectivity index (χ0v) is 11.4. The molecule has 2 saturated heterocycles. The van der Waals surface area contributed by atoms with Gasteiger partial charge in [0.1, 0.15) is 6.04 Å². The van der Waals surface area contributed by atoms with Crippen molar-refractivity contribution >= 4 is 17.7 Å². The predicted molar refractivity (Wildman–Crippen MR) is 70.6 cm³/mol. The molecule has 2 rings (SSSR count). The molecule has 0 amide bonds. The quantitative estimate of drug-likeness (QED) is 0.817. The summed E-state index contributed by atoms with van der Waals surface area (Å²) in [5, 5.41) is 9.73. The van der Waals surface area contributed by atoms with E-state index in [-0.39, 0.29) is 6.04 Å². The molecule has 98 valence electrons. The van der Waals surface area contributed by atoms with Crippen LogP contribution >= 0.6 is 11.8 Å². The van der Waals surface area contributed by atoms with Crippen molar-refractivity contribution in [2.45, 2.75) is 37.6 Å². The second-order valence-electron chi connectivity index (χ2n) is 5.02. The molecule has 0 bridgehead atoms. The van der Waals surface area contributed by atoms with Crippen molar-refractivity contribution in [3.63, 3.8) is 0 Å². The topological polar surface area (TPSA) is 43.8 Å². The molecule has 0 spiro atoms. The monoisotopic (exact) mass is 258 g/mol. The van der Waals surface area contributed by atoms with E-state index in [1.54, 1.807) is 6.92 Å². The number of carbonyl (C=O) groups is 1. The summed E-state index contributed by atoms with van der Waals surface area (Å²) < 4.78 is 0. The minimum Gasteiger partial charge on any atom is -0.480 e. The fourth-order valence-electron chi connectivity index (χ4n) is 2.81. The van der Waals surface area contributed by atoms with Gasteiger partial charge < -0.3 is 5.11 Å². The average Bonchev–Trinajstić information content (AvgIpc) is 2.74. The first-order valence-corrected chi connectivity index (χ1v) is 7.47. The fourth-order valence-corrected chi connectivity index (χ4v) is 4.09. The molecule has 17 heavy (non-hydrogen) atoms. The molecule has 2 heterocycles. The van der Waals surface area contributed by atoms with Gasteiger partial charge in [0.2, 0.25) is 0 Å². The van der Waals surface area contributed by atoms with Gasteiger partial charge in [-0.2, -0.15) is 11.8 Å². The molecule has 2 aliphatic heterocycles. The second kappa shape index (κ2) is 5.59. The number of carboxylic acid groups (broad SMARTS) is 1. The van der Waals surface area contributed by atoms with Crippen LogP contribution in [0.25, 0.3) is 0 Å². The van der Waals surface area contributed by atoms with Crippen LogP contribution in [0.1, 0.15) is 20.3 Å². The third kappa shape index (κ3) is 2.95. The third-order valence-electron chi connectivity index (χ3n) is 4.06. The minimum atomic E-state index is -0.705. The first-order valence-electron chi connectivity index (χ1n) is 6.42. The number of nitrogens with zero attached hydrogens (tertiary/aromatic N) is 2. The molecule has 3 atom stereocenters. The minimum absolute atomic E-state index is 0.340. The Labute approximate surface area is 107 Å². The van der Waals surface area contributed by atoms with Crippen molar-refractivity contribution in [2.24, 2.45) is 0 Å². The molecule has 0 aromatic rings. The molecule has 0 aromatic heterocycles. The largest absolute Gasteiger partial charge is 0.480 e. The normalized spacial score (nSPS) is 33.8. The fraction of sp³-hybridized carbons (Fsp3) is 0.917. The maximum atomic E-state index is 10.9. The predicted octanol–water partition coefficient (Wildman–Crippen LogP) is 0.971. The zero-order valence-electron chi connectivity index (χ0n) is 10.6. The van der Waals surface area contributed by atoms with E-state index in [2.05, 4.69) is 28.5 Å². The summed E-state index contributed by atoms with van der Waals surface area (Å²) in [6, 6.07) is 0.370. The Hall–Kier alpha value is -0.260. The van der Waals surface area contributed by atoms with E-state index in [1.165, 1.54) is 12.2 Å². The molecular formula is C12H22N2O2S. The molecular weight excluding hydrogens is 236 g/mol. The molecule has 4 nitrogen and oxygen atoms in total. The first kappa shape index (κ1) is 13.2. The summed E-state index contributed by atoms with van der Waals surface area (Å²) in [5.74, 6) is 0.570. The molecule has 0 aromatic carbocycles. The van der Waals surface area contributed by atoms with Crippen molar-refractivity contribution in [1.82, 2.24) is 9.80 Å². The van der Waals surface area contributed by atoms with Crippen LogP contribution in [0, 0.1) is 0 Å². The van der Waals surface area contributed by atoms with Crippen LogP contribution in [0.2, 0.25) is 0 Å². The number of rotatable bonds is 3. The van der Waals surface area contributed by atoms with E-state index in [1.807, 2.05) is 0 Å².